The first-order valence-electron chi connectivity index (χ1n) is 4.11. The van der Waals surface area contributed by atoms with Crippen LogP contribution in [0.5, 0.6) is 0 Å². The summed E-state index contributed by atoms with van der Waals surface area (Å²) in [7, 11) is 0. The third-order valence-electron chi connectivity index (χ3n) is 1.88. The molecule has 1 aromatic rings. The molecule has 2 N–H and O–H groups in total. The fourth-order valence-corrected chi connectivity index (χ4v) is 1.08. The molecule has 0 aliphatic rings. The quantitative estimate of drug-likeness (QED) is 0.477. The molecule has 0 radical (unpaired) electrons. The molecule has 0 aromatic heterocycles. The molecular weight excluding hydrogens is 252 g/mol. The predicted molar refractivity (Wildman–Crippen MR) is 46.2 cm³/mol. The van der Waals surface area contributed by atoms with Crippen molar-refractivity contribution in [3.63, 3.8) is 0 Å². The third-order valence-corrected chi connectivity index (χ3v) is 1.88. The molecule has 17 heavy (non-hydrogen) atoms. The van der Waals surface area contributed by atoms with Gasteiger partial charge >= 0.3 is 12.4 Å². The van der Waals surface area contributed by atoms with Gasteiger partial charge in [0.05, 0.1) is 11.1 Å². The Hall–Kier alpha value is -1.73. The molecule has 8 heteroatoms. The van der Waals surface area contributed by atoms with Crippen LogP contribution in [0.2, 0.25) is 0 Å². The lowest BCUT2D eigenvalue weighted by molar-refractivity contribution is -0.137. The molecule has 0 saturated heterocycles. The van der Waals surface area contributed by atoms with Crippen molar-refractivity contribution < 1.29 is 31.1 Å². The zero-order valence-corrected chi connectivity index (χ0v) is 7.99. The van der Waals surface area contributed by atoms with E-state index in [0.717, 1.165) is 0 Å². The van der Waals surface area contributed by atoms with Crippen LogP contribution in [-0.2, 0) is 6.18 Å². The molecule has 0 atom stereocenters. The number of halogens is 6. The normalized spacial score (nSPS) is 12.6. The van der Waals surface area contributed by atoms with Gasteiger partial charge in [0.1, 0.15) is 0 Å². The van der Waals surface area contributed by atoms with Crippen LogP contribution < -0.4 is 5.73 Å². The number of hydrogen-bond donors (Lipinski definition) is 1. The molecule has 0 bridgehead atoms. The first-order valence-corrected chi connectivity index (χ1v) is 4.11. The van der Waals surface area contributed by atoms with E-state index in [1.807, 2.05) is 0 Å². The van der Waals surface area contributed by atoms with Crippen LogP contribution in [0, 0.1) is 0 Å². The minimum atomic E-state index is -5.27. The van der Waals surface area contributed by atoms with E-state index in [-0.39, 0.29) is 6.07 Å². The number of ketones is 1. The van der Waals surface area contributed by atoms with E-state index in [0.29, 0.717) is 12.1 Å². The number of rotatable bonds is 1. The van der Waals surface area contributed by atoms with Crippen molar-refractivity contribution >= 4 is 11.5 Å². The van der Waals surface area contributed by atoms with Crippen LogP contribution in [0.1, 0.15) is 15.9 Å². The first-order chi connectivity index (χ1) is 7.53. The average molecular weight is 257 g/mol. The molecule has 1 rings (SSSR count). The summed E-state index contributed by atoms with van der Waals surface area (Å²) in [6.07, 6.45) is -10.1. The Morgan fingerprint density at radius 1 is 1.06 bits per heavy atom. The van der Waals surface area contributed by atoms with E-state index in [4.69, 9.17) is 5.73 Å². The molecule has 0 saturated carbocycles. The Labute approximate surface area is 91.0 Å². The third kappa shape index (κ3) is 2.89. The van der Waals surface area contributed by atoms with Gasteiger partial charge in [0.15, 0.2) is 0 Å². The summed E-state index contributed by atoms with van der Waals surface area (Å²) in [5.41, 5.74) is 1.83. The molecule has 0 unspecified atom stereocenters. The molecule has 0 spiro atoms. The van der Waals surface area contributed by atoms with Gasteiger partial charge in [0, 0.05) is 5.69 Å². The van der Waals surface area contributed by atoms with Gasteiger partial charge in [0.2, 0.25) is 0 Å². The maximum absolute atomic E-state index is 12.2. The monoisotopic (exact) mass is 257 g/mol. The van der Waals surface area contributed by atoms with Crippen molar-refractivity contribution in [2.24, 2.45) is 0 Å². The van der Waals surface area contributed by atoms with E-state index in [1.165, 1.54) is 0 Å². The summed E-state index contributed by atoms with van der Waals surface area (Å²) < 4.78 is 72.8. The van der Waals surface area contributed by atoms with E-state index < -0.39 is 35.0 Å². The maximum atomic E-state index is 12.2. The molecule has 1 aromatic carbocycles. The van der Waals surface area contributed by atoms with Gasteiger partial charge in [0.25, 0.3) is 5.78 Å². The van der Waals surface area contributed by atoms with Crippen LogP contribution in [-0.4, -0.2) is 12.0 Å². The highest BCUT2D eigenvalue weighted by Crippen LogP contribution is 2.33. The highest BCUT2D eigenvalue weighted by molar-refractivity contribution is 6.04. The molecule has 0 aliphatic carbocycles. The lowest BCUT2D eigenvalue weighted by Crippen LogP contribution is -2.24. The van der Waals surface area contributed by atoms with Crippen molar-refractivity contribution in [1.82, 2.24) is 0 Å². The maximum Gasteiger partial charge on any atom is 0.454 e. The molecule has 0 heterocycles. The van der Waals surface area contributed by atoms with Gasteiger partial charge in [-0.05, 0) is 18.2 Å². The number of nitrogens with two attached hydrogens (primary N) is 1. The van der Waals surface area contributed by atoms with E-state index in [2.05, 4.69) is 0 Å². The van der Waals surface area contributed by atoms with Gasteiger partial charge in [-0.3, -0.25) is 4.79 Å². The summed E-state index contributed by atoms with van der Waals surface area (Å²) in [6.45, 7) is 0. The van der Waals surface area contributed by atoms with Gasteiger partial charge in [-0.15, -0.1) is 0 Å². The lowest BCUT2D eigenvalue weighted by Gasteiger charge is -2.11. The fourth-order valence-electron chi connectivity index (χ4n) is 1.08. The minimum Gasteiger partial charge on any atom is -0.398 e. The van der Waals surface area contributed by atoms with Crippen molar-refractivity contribution in [2.45, 2.75) is 12.4 Å². The summed E-state index contributed by atoms with van der Waals surface area (Å²) in [5.74, 6) is -2.40. The SMILES string of the molecule is Nc1ccc(C(F)(F)F)cc1C(=O)C(F)(F)F. The standard InChI is InChI=1S/C9H5F6NO/c10-8(11,12)4-1-2-6(16)5(3-4)7(17)9(13,14)15/h1-3H,16H2. The highest BCUT2D eigenvalue weighted by atomic mass is 19.4. The van der Waals surface area contributed by atoms with E-state index in [1.54, 1.807) is 0 Å². The zero-order valence-electron chi connectivity index (χ0n) is 7.99. The van der Waals surface area contributed by atoms with Gasteiger partial charge in [-0.25, -0.2) is 0 Å². The van der Waals surface area contributed by atoms with Crippen LogP contribution in [0.3, 0.4) is 0 Å². The Kier molecular flexibility index (Phi) is 3.09. The van der Waals surface area contributed by atoms with Crippen molar-refractivity contribution in [3.8, 4) is 0 Å². The van der Waals surface area contributed by atoms with Gasteiger partial charge in [-0.1, -0.05) is 0 Å². The predicted octanol–water partition coefficient (Wildman–Crippen LogP) is 3.03. The van der Waals surface area contributed by atoms with E-state index in [9.17, 15) is 31.1 Å². The van der Waals surface area contributed by atoms with Crippen molar-refractivity contribution in [2.75, 3.05) is 5.73 Å². The van der Waals surface area contributed by atoms with Crippen LogP contribution in [0.15, 0.2) is 18.2 Å². The number of carbonyl (C=O) groups is 1. The van der Waals surface area contributed by atoms with Crippen molar-refractivity contribution in [1.29, 1.82) is 0 Å². The molecular formula is C9H5F6NO. The molecule has 0 amide bonds. The summed E-state index contributed by atoms with van der Waals surface area (Å²) in [6, 6.07) is 1.20. The van der Waals surface area contributed by atoms with Gasteiger partial charge in [-0.2, -0.15) is 26.3 Å². The number of alkyl halides is 6. The second-order valence-corrected chi connectivity index (χ2v) is 3.13. The lowest BCUT2D eigenvalue weighted by atomic mass is 10.0. The Morgan fingerprint density at radius 2 is 1.59 bits per heavy atom. The molecule has 0 fully saturated rings. The van der Waals surface area contributed by atoms with Gasteiger partial charge < -0.3 is 5.73 Å². The average Bonchev–Trinajstić information content (AvgIpc) is 2.14. The van der Waals surface area contributed by atoms with Crippen LogP contribution in [0.25, 0.3) is 0 Å². The second kappa shape index (κ2) is 3.94. The molecule has 2 nitrogen and oxygen atoms in total. The molecule has 94 valence electrons. The minimum absolute atomic E-state index is 0.0884. The summed E-state index contributed by atoms with van der Waals surface area (Å²) in [4.78, 5) is 10.8. The van der Waals surface area contributed by atoms with Crippen LogP contribution in [0.4, 0.5) is 32.0 Å². The number of carbonyl (C=O) groups excluding carboxylic acids is 1. The first kappa shape index (κ1) is 13.3. The summed E-state index contributed by atoms with van der Waals surface area (Å²) in [5, 5.41) is 0. The Bertz CT molecular complexity index is 448. The Morgan fingerprint density at radius 3 is 2.00 bits per heavy atom. The largest absolute Gasteiger partial charge is 0.454 e. The van der Waals surface area contributed by atoms with Crippen molar-refractivity contribution in [3.05, 3.63) is 29.3 Å². The topological polar surface area (TPSA) is 43.1 Å². The number of benzene rings is 1. The summed E-state index contributed by atoms with van der Waals surface area (Å²) >= 11 is 0. The molecule has 0 aliphatic heterocycles. The van der Waals surface area contributed by atoms with Crippen LogP contribution >= 0.6 is 0 Å². The number of Topliss-reactive ketones (excluding diaryl/α,β-unsaturated/α-hetero) is 1. The van der Waals surface area contributed by atoms with E-state index >= 15 is 0 Å². The second-order valence-electron chi connectivity index (χ2n) is 3.13. The smallest absolute Gasteiger partial charge is 0.398 e. The Balaban J connectivity index is 3.30. The highest BCUT2D eigenvalue weighted by Gasteiger charge is 2.41. The number of hydrogen-bond acceptors (Lipinski definition) is 2. The fraction of sp³-hybridized carbons (Fsp3) is 0.222. The zero-order chi connectivity index (χ0) is 13.4. The number of anilines is 1. The number of nitrogen functional groups attached to an aromatic ring is 1.